The highest BCUT2D eigenvalue weighted by Crippen LogP contribution is 2.21. The lowest BCUT2D eigenvalue weighted by atomic mass is 10.1. The number of hydrogen-bond donors (Lipinski definition) is 3. The van der Waals surface area contributed by atoms with Crippen LogP contribution < -0.4 is 5.43 Å². The average molecular weight is 363 g/mol. The Morgan fingerprint density at radius 2 is 1.86 bits per heavy atom. The third kappa shape index (κ3) is 3.70. The summed E-state index contributed by atoms with van der Waals surface area (Å²) in [6.07, 6.45) is 1.23. The Kier molecular flexibility index (Phi) is 4.90. The zero-order valence-electron chi connectivity index (χ0n) is 11.2. The summed E-state index contributed by atoms with van der Waals surface area (Å²) in [6.45, 7) is 0. The molecule has 22 heavy (non-hydrogen) atoms. The Morgan fingerprint density at radius 1 is 1.14 bits per heavy atom. The number of benzene rings is 2. The van der Waals surface area contributed by atoms with E-state index >= 15 is 0 Å². The molecule has 6 nitrogen and oxygen atoms in total. The first-order valence-electron chi connectivity index (χ1n) is 6.13. The Morgan fingerprint density at radius 3 is 2.59 bits per heavy atom. The fourth-order valence-electron chi connectivity index (χ4n) is 1.72. The highest BCUT2D eigenvalue weighted by atomic mass is 79.9. The van der Waals surface area contributed by atoms with Crippen molar-refractivity contribution in [3.05, 3.63) is 63.6 Å². The van der Waals surface area contributed by atoms with Gasteiger partial charge in [-0.2, -0.15) is 5.10 Å². The van der Waals surface area contributed by atoms with E-state index < -0.39 is 11.9 Å². The number of carboxylic acids is 1. The molecular formula is C15H11BrN2O4. The molecule has 0 aliphatic carbocycles. The van der Waals surface area contributed by atoms with Crippen LogP contribution in [-0.4, -0.2) is 28.3 Å². The van der Waals surface area contributed by atoms with E-state index in [-0.39, 0.29) is 16.9 Å². The molecule has 0 saturated heterocycles. The molecule has 0 saturated carbocycles. The molecule has 3 N–H and O–H groups in total. The number of nitrogens with one attached hydrogen (secondary N) is 1. The Hall–Kier alpha value is -2.67. The van der Waals surface area contributed by atoms with E-state index in [4.69, 9.17) is 5.11 Å². The molecule has 0 aromatic heterocycles. The quantitative estimate of drug-likeness (QED) is 0.574. The van der Waals surface area contributed by atoms with Gasteiger partial charge in [-0.3, -0.25) is 4.79 Å². The van der Waals surface area contributed by atoms with Crippen molar-refractivity contribution in [3.63, 3.8) is 0 Å². The molecule has 2 aromatic rings. The van der Waals surface area contributed by atoms with Crippen molar-refractivity contribution in [2.75, 3.05) is 0 Å². The third-order valence-corrected chi connectivity index (χ3v) is 3.26. The molecule has 0 radical (unpaired) electrons. The minimum absolute atomic E-state index is 0.0537. The lowest BCUT2D eigenvalue weighted by molar-refractivity contribution is 0.0696. The van der Waals surface area contributed by atoms with Crippen molar-refractivity contribution in [2.24, 2.45) is 5.10 Å². The highest BCUT2D eigenvalue weighted by Gasteiger charge is 2.11. The van der Waals surface area contributed by atoms with E-state index in [0.29, 0.717) is 10.0 Å². The van der Waals surface area contributed by atoms with Gasteiger partial charge in [0, 0.05) is 10.0 Å². The van der Waals surface area contributed by atoms with Gasteiger partial charge in [0.2, 0.25) is 0 Å². The summed E-state index contributed by atoms with van der Waals surface area (Å²) in [5.41, 5.74) is 2.72. The first kappa shape index (κ1) is 15.7. The second kappa shape index (κ2) is 6.86. The number of hydrogen-bond acceptors (Lipinski definition) is 4. The molecule has 0 aliphatic heterocycles. The maximum atomic E-state index is 11.9. The SMILES string of the molecule is O=C(N/N=C/c1ccccc1C(=O)O)c1cc(Br)ccc1O. The number of amides is 1. The second-order valence-corrected chi connectivity index (χ2v) is 5.17. The van der Waals surface area contributed by atoms with Crippen molar-refractivity contribution < 1.29 is 19.8 Å². The summed E-state index contributed by atoms with van der Waals surface area (Å²) in [4.78, 5) is 22.9. The number of carboxylic acid groups (broad SMARTS) is 1. The Bertz CT molecular complexity index is 759. The molecule has 0 bridgehead atoms. The number of hydrazone groups is 1. The van der Waals surface area contributed by atoms with Crippen LogP contribution in [0.5, 0.6) is 5.75 Å². The number of carbonyl (C=O) groups excluding carboxylic acids is 1. The van der Waals surface area contributed by atoms with Crippen molar-refractivity contribution in [3.8, 4) is 5.75 Å². The molecule has 0 fully saturated rings. The van der Waals surface area contributed by atoms with Crippen LogP contribution in [0, 0.1) is 0 Å². The molecule has 0 heterocycles. The number of phenolic OH excluding ortho intramolecular Hbond substituents is 1. The molecule has 0 atom stereocenters. The smallest absolute Gasteiger partial charge is 0.336 e. The highest BCUT2D eigenvalue weighted by molar-refractivity contribution is 9.10. The minimum atomic E-state index is -1.09. The molecule has 1 amide bonds. The number of nitrogens with zero attached hydrogens (tertiary/aromatic N) is 1. The average Bonchev–Trinajstić information content (AvgIpc) is 2.50. The lowest BCUT2D eigenvalue weighted by Crippen LogP contribution is -2.18. The molecule has 112 valence electrons. The molecule has 2 aromatic carbocycles. The van der Waals surface area contributed by atoms with E-state index in [1.807, 2.05) is 0 Å². The number of rotatable bonds is 4. The van der Waals surface area contributed by atoms with Gasteiger partial charge >= 0.3 is 5.97 Å². The van der Waals surface area contributed by atoms with Gasteiger partial charge in [-0.05, 0) is 24.3 Å². The maximum Gasteiger partial charge on any atom is 0.336 e. The number of carbonyl (C=O) groups is 2. The molecule has 2 rings (SSSR count). The molecule has 0 aliphatic rings. The monoisotopic (exact) mass is 362 g/mol. The Balaban J connectivity index is 2.14. The van der Waals surface area contributed by atoms with Crippen LogP contribution in [0.3, 0.4) is 0 Å². The second-order valence-electron chi connectivity index (χ2n) is 4.25. The summed E-state index contributed by atoms with van der Waals surface area (Å²) in [7, 11) is 0. The van der Waals surface area contributed by atoms with Crippen molar-refractivity contribution in [1.82, 2.24) is 5.43 Å². The van der Waals surface area contributed by atoms with Crippen LogP contribution in [0.25, 0.3) is 0 Å². The van der Waals surface area contributed by atoms with Gasteiger partial charge in [0.05, 0.1) is 17.3 Å². The number of halogens is 1. The third-order valence-electron chi connectivity index (χ3n) is 2.76. The zero-order valence-corrected chi connectivity index (χ0v) is 12.7. The predicted molar refractivity (Wildman–Crippen MR) is 84.3 cm³/mol. The molecular weight excluding hydrogens is 352 g/mol. The van der Waals surface area contributed by atoms with Gasteiger partial charge in [0.15, 0.2) is 0 Å². The molecule has 0 unspecified atom stereocenters. The van der Waals surface area contributed by atoms with E-state index in [1.165, 1.54) is 24.4 Å². The standard InChI is InChI=1S/C15H11BrN2O4/c16-10-5-6-13(19)12(7-10)14(20)18-17-8-9-3-1-2-4-11(9)15(21)22/h1-8,19H,(H,18,20)(H,21,22)/b17-8+. The molecule has 0 spiro atoms. The van der Waals surface area contributed by atoms with Crippen LogP contribution in [-0.2, 0) is 0 Å². The first-order chi connectivity index (χ1) is 10.5. The number of aromatic carboxylic acids is 1. The zero-order chi connectivity index (χ0) is 16.1. The van der Waals surface area contributed by atoms with Crippen LogP contribution in [0.1, 0.15) is 26.3 Å². The summed E-state index contributed by atoms with van der Waals surface area (Å²) >= 11 is 3.20. The van der Waals surface area contributed by atoms with Gasteiger partial charge in [-0.25, -0.2) is 10.2 Å². The molecule has 7 heteroatoms. The van der Waals surface area contributed by atoms with Gasteiger partial charge in [0.1, 0.15) is 5.75 Å². The fourth-order valence-corrected chi connectivity index (χ4v) is 2.08. The van der Waals surface area contributed by atoms with Crippen LogP contribution in [0.2, 0.25) is 0 Å². The summed E-state index contributed by atoms with van der Waals surface area (Å²) in [6, 6.07) is 10.7. The summed E-state index contributed by atoms with van der Waals surface area (Å²) < 4.78 is 0.635. The van der Waals surface area contributed by atoms with Gasteiger partial charge in [-0.15, -0.1) is 0 Å². The lowest BCUT2D eigenvalue weighted by Gasteiger charge is -2.04. The van der Waals surface area contributed by atoms with E-state index in [9.17, 15) is 14.7 Å². The van der Waals surface area contributed by atoms with Crippen LogP contribution in [0.15, 0.2) is 52.0 Å². The van der Waals surface area contributed by atoms with Gasteiger partial charge in [-0.1, -0.05) is 34.1 Å². The Labute approximate surface area is 134 Å². The first-order valence-corrected chi connectivity index (χ1v) is 6.92. The predicted octanol–water partition coefficient (Wildman–Crippen LogP) is 2.62. The van der Waals surface area contributed by atoms with E-state index in [2.05, 4.69) is 26.5 Å². The topological polar surface area (TPSA) is 99.0 Å². The van der Waals surface area contributed by atoms with Crippen LogP contribution in [0.4, 0.5) is 0 Å². The van der Waals surface area contributed by atoms with Crippen LogP contribution >= 0.6 is 15.9 Å². The van der Waals surface area contributed by atoms with Crippen molar-refractivity contribution in [1.29, 1.82) is 0 Å². The number of aromatic hydroxyl groups is 1. The minimum Gasteiger partial charge on any atom is -0.507 e. The van der Waals surface area contributed by atoms with E-state index in [0.717, 1.165) is 0 Å². The normalized spacial score (nSPS) is 10.6. The fraction of sp³-hybridized carbons (Fsp3) is 0. The largest absolute Gasteiger partial charge is 0.507 e. The number of phenols is 1. The maximum absolute atomic E-state index is 11.9. The van der Waals surface area contributed by atoms with Crippen molar-refractivity contribution in [2.45, 2.75) is 0 Å². The van der Waals surface area contributed by atoms with Gasteiger partial charge in [0.25, 0.3) is 5.91 Å². The van der Waals surface area contributed by atoms with Crippen molar-refractivity contribution >= 4 is 34.0 Å². The van der Waals surface area contributed by atoms with E-state index in [1.54, 1.807) is 24.3 Å². The summed E-state index contributed by atoms with van der Waals surface area (Å²) in [5.74, 6) is -1.87. The van der Waals surface area contributed by atoms with Gasteiger partial charge < -0.3 is 10.2 Å². The summed E-state index contributed by atoms with van der Waals surface area (Å²) in [5, 5.41) is 22.4.